The van der Waals surface area contributed by atoms with E-state index in [0.717, 1.165) is 0 Å². The lowest BCUT2D eigenvalue weighted by molar-refractivity contribution is 0.430. The molecule has 1 aliphatic heterocycles. The summed E-state index contributed by atoms with van der Waals surface area (Å²) in [5.41, 5.74) is 6.32. The molecule has 2 aromatic rings. The second-order valence-electron chi connectivity index (χ2n) is 4.78. The van der Waals surface area contributed by atoms with Gasteiger partial charge in [-0.05, 0) is 18.6 Å². The maximum absolute atomic E-state index is 12.7. The molecule has 0 amide bonds. The Bertz CT molecular complexity index is 703. The van der Waals surface area contributed by atoms with Crippen molar-refractivity contribution in [3.05, 3.63) is 36.5 Å². The highest BCUT2D eigenvalue weighted by molar-refractivity contribution is 7.89. The number of nitrogens with two attached hydrogens (primary N) is 1. The minimum absolute atomic E-state index is 0. The van der Waals surface area contributed by atoms with Gasteiger partial charge in [-0.2, -0.15) is 4.31 Å². The van der Waals surface area contributed by atoms with E-state index in [2.05, 4.69) is 5.16 Å². The molecule has 1 aromatic heterocycles. The molecule has 2 heterocycles. The Morgan fingerprint density at radius 1 is 1.29 bits per heavy atom. The van der Waals surface area contributed by atoms with Crippen LogP contribution in [0.1, 0.15) is 6.42 Å². The summed E-state index contributed by atoms with van der Waals surface area (Å²) < 4.78 is 31.9. The molecule has 21 heavy (non-hydrogen) atoms. The molecule has 1 aliphatic rings. The number of hydrogen-bond acceptors (Lipinski definition) is 5. The standard InChI is InChI=1S/C13H15N3O3S.ClH/c14-10-6-8-16(9-10)20(17,18)13-4-2-1-3-11(13)12-5-7-15-19-12;/h1-5,7,10H,6,8-9,14H2;1H. The maximum atomic E-state index is 12.7. The molecule has 0 aliphatic carbocycles. The number of nitrogens with zero attached hydrogens (tertiary/aromatic N) is 2. The monoisotopic (exact) mass is 329 g/mol. The van der Waals surface area contributed by atoms with Crippen LogP contribution in [-0.2, 0) is 10.0 Å². The van der Waals surface area contributed by atoms with E-state index in [1.54, 1.807) is 30.3 Å². The van der Waals surface area contributed by atoms with E-state index in [-0.39, 0.29) is 23.3 Å². The van der Waals surface area contributed by atoms with Crippen LogP contribution >= 0.6 is 12.4 Å². The molecule has 8 heteroatoms. The smallest absolute Gasteiger partial charge is 0.243 e. The largest absolute Gasteiger partial charge is 0.356 e. The van der Waals surface area contributed by atoms with E-state index in [0.29, 0.717) is 30.8 Å². The van der Waals surface area contributed by atoms with Crippen LogP contribution in [0.5, 0.6) is 0 Å². The number of aromatic nitrogens is 1. The molecule has 1 aromatic carbocycles. The zero-order chi connectivity index (χ0) is 14.2. The van der Waals surface area contributed by atoms with Gasteiger partial charge in [0.15, 0.2) is 5.76 Å². The minimum atomic E-state index is -3.56. The Balaban J connectivity index is 0.00000161. The molecule has 1 atom stereocenters. The Kier molecular flexibility index (Phi) is 4.67. The van der Waals surface area contributed by atoms with Crippen LogP contribution in [0.3, 0.4) is 0 Å². The molecule has 0 saturated carbocycles. The van der Waals surface area contributed by atoms with Crippen molar-refractivity contribution >= 4 is 22.4 Å². The zero-order valence-corrected chi connectivity index (χ0v) is 12.8. The van der Waals surface area contributed by atoms with Crippen molar-refractivity contribution in [2.24, 2.45) is 5.73 Å². The van der Waals surface area contributed by atoms with Gasteiger partial charge in [0.2, 0.25) is 10.0 Å². The van der Waals surface area contributed by atoms with E-state index in [4.69, 9.17) is 10.3 Å². The molecule has 1 fully saturated rings. The summed E-state index contributed by atoms with van der Waals surface area (Å²) in [4.78, 5) is 0.228. The molecule has 3 rings (SSSR count). The number of halogens is 1. The summed E-state index contributed by atoms with van der Waals surface area (Å²) in [6.45, 7) is 0.807. The Morgan fingerprint density at radius 3 is 2.67 bits per heavy atom. The van der Waals surface area contributed by atoms with Gasteiger partial charge in [-0.1, -0.05) is 17.3 Å². The molecule has 1 unspecified atom stereocenters. The predicted molar refractivity (Wildman–Crippen MR) is 80.5 cm³/mol. The number of sulfonamides is 1. The van der Waals surface area contributed by atoms with Gasteiger partial charge in [-0.25, -0.2) is 8.42 Å². The van der Waals surface area contributed by atoms with E-state index < -0.39 is 10.0 Å². The van der Waals surface area contributed by atoms with Gasteiger partial charge in [0.1, 0.15) is 0 Å². The number of hydrogen-bond donors (Lipinski definition) is 1. The normalized spacial score (nSPS) is 19.4. The minimum Gasteiger partial charge on any atom is -0.356 e. The lowest BCUT2D eigenvalue weighted by atomic mass is 10.2. The lowest BCUT2D eigenvalue weighted by Gasteiger charge is -2.17. The van der Waals surface area contributed by atoms with Crippen molar-refractivity contribution in [2.75, 3.05) is 13.1 Å². The molecule has 6 nitrogen and oxygen atoms in total. The average Bonchev–Trinajstić information content (AvgIpc) is 3.10. The molecular weight excluding hydrogens is 314 g/mol. The van der Waals surface area contributed by atoms with Crippen LogP contribution in [-0.4, -0.2) is 37.0 Å². The third-order valence-corrected chi connectivity index (χ3v) is 5.32. The van der Waals surface area contributed by atoms with E-state index in [1.807, 2.05) is 0 Å². The summed E-state index contributed by atoms with van der Waals surface area (Å²) in [5, 5.41) is 3.63. The first kappa shape index (κ1) is 16.0. The molecule has 0 spiro atoms. The summed E-state index contributed by atoms with van der Waals surface area (Å²) in [6.07, 6.45) is 2.17. The Labute approximate surface area is 129 Å². The van der Waals surface area contributed by atoms with Crippen molar-refractivity contribution in [1.82, 2.24) is 9.46 Å². The Morgan fingerprint density at radius 2 is 2.05 bits per heavy atom. The van der Waals surface area contributed by atoms with E-state index in [9.17, 15) is 8.42 Å². The van der Waals surface area contributed by atoms with Crippen LogP contribution < -0.4 is 5.73 Å². The van der Waals surface area contributed by atoms with E-state index in [1.165, 1.54) is 10.5 Å². The number of benzene rings is 1. The third-order valence-electron chi connectivity index (χ3n) is 3.40. The van der Waals surface area contributed by atoms with Crippen LogP contribution in [0.25, 0.3) is 11.3 Å². The van der Waals surface area contributed by atoms with Crippen LogP contribution in [0.4, 0.5) is 0 Å². The van der Waals surface area contributed by atoms with Crippen LogP contribution in [0.15, 0.2) is 45.9 Å². The maximum Gasteiger partial charge on any atom is 0.243 e. The summed E-state index contributed by atoms with van der Waals surface area (Å²) >= 11 is 0. The van der Waals surface area contributed by atoms with Crippen molar-refractivity contribution in [2.45, 2.75) is 17.4 Å². The van der Waals surface area contributed by atoms with Gasteiger partial charge in [0.05, 0.1) is 11.1 Å². The number of rotatable bonds is 3. The van der Waals surface area contributed by atoms with E-state index >= 15 is 0 Å². The van der Waals surface area contributed by atoms with Gasteiger partial charge >= 0.3 is 0 Å². The molecule has 1 saturated heterocycles. The summed E-state index contributed by atoms with van der Waals surface area (Å²) in [5.74, 6) is 0.438. The first-order valence-corrected chi connectivity index (χ1v) is 7.79. The first-order chi connectivity index (χ1) is 9.59. The van der Waals surface area contributed by atoms with Crippen LogP contribution in [0.2, 0.25) is 0 Å². The topological polar surface area (TPSA) is 89.4 Å². The van der Waals surface area contributed by atoms with Gasteiger partial charge in [0, 0.05) is 30.8 Å². The highest BCUT2D eigenvalue weighted by Gasteiger charge is 2.32. The van der Waals surface area contributed by atoms with Gasteiger partial charge in [-0.3, -0.25) is 0 Å². The molecule has 0 radical (unpaired) electrons. The summed E-state index contributed by atoms with van der Waals surface area (Å²) in [6, 6.07) is 8.31. The van der Waals surface area contributed by atoms with Gasteiger partial charge in [-0.15, -0.1) is 12.4 Å². The lowest BCUT2D eigenvalue weighted by Crippen LogP contribution is -2.32. The molecule has 2 N–H and O–H groups in total. The van der Waals surface area contributed by atoms with Gasteiger partial charge < -0.3 is 10.3 Å². The zero-order valence-electron chi connectivity index (χ0n) is 11.2. The molecular formula is C13H16ClN3O3S. The van der Waals surface area contributed by atoms with Crippen LogP contribution in [0, 0.1) is 0 Å². The first-order valence-electron chi connectivity index (χ1n) is 6.35. The predicted octanol–water partition coefficient (Wildman–Crippen LogP) is 1.49. The van der Waals surface area contributed by atoms with Gasteiger partial charge in [0.25, 0.3) is 0 Å². The van der Waals surface area contributed by atoms with Crippen molar-refractivity contribution in [1.29, 1.82) is 0 Å². The van der Waals surface area contributed by atoms with Crippen molar-refractivity contribution in [3.8, 4) is 11.3 Å². The average molecular weight is 330 g/mol. The quantitative estimate of drug-likeness (QED) is 0.921. The fourth-order valence-corrected chi connectivity index (χ4v) is 4.07. The molecule has 114 valence electrons. The van der Waals surface area contributed by atoms with Crippen molar-refractivity contribution < 1.29 is 12.9 Å². The Hall–Kier alpha value is -1.41. The summed E-state index contributed by atoms with van der Waals surface area (Å²) in [7, 11) is -3.56. The highest BCUT2D eigenvalue weighted by Crippen LogP contribution is 2.30. The second kappa shape index (κ2) is 6.15. The third kappa shape index (κ3) is 2.96. The molecule has 0 bridgehead atoms. The fourth-order valence-electron chi connectivity index (χ4n) is 2.36. The highest BCUT2D eigenvalue weighted by atomic mass is 35.5. The van der Waals surface area contributed by atoms with Crippen molar-refractivity contribution in [3.63, 3.8) is 0 Å². The fraction of sp³-hybridized carbons (Fsp3) is 0.308. The SMILES string of the molecule is Cl.NC1CCN(S(=O)(=O)c2ccccc2-c2ccno2)C1. The second-order valence-corrected chi connectivity index (χ2v) is 6.69.